The van der Waals surface area contributed by atoms with Gasteiger partial charge in [0.25, 0.3) is 0 Å². The predicted octanol–water partition coefficient (Wildman–Crippen LogP) is 2.79. The molecule has 1 saturated heterocycles. The van der Waals surface area contributed by atoms with E-state index in [1.165, 1.54) is 6.07 Å². The standard InChI is InChI=1S/C18H23FN4O.HI/c1-18(2)15(13-6-7-24-16(13)18)23-17(21-3)22-10-12-5-4-11(9-20)8-14(12)19;/h4-5,8,13,15-16H,6-7,10H2,1-3H3,(H2,21,22,23);1H. The van der Waals surface area contributed by atoms with Crippen LogP contribution in [0.4, 0.5) is 4.39 Å². The van der Waals surface area contributed by atoms with Gasteiger partial charge in [-0.1, -0.05) is 19.9 Å². The monoisotopic (exact) mass is 458 g/mol. The number of aliphatic imine (C=N–C) groups is 1. The Morgan fingerprint density at radius 2 is 2.24 bits per heavy atom. The first-order valence-corrected chi connectivity index (χ1v) is 8.24. The van der Waals surface area contributed by atoms with Crippen LogP contribution >= 0.6 is 24.0 Å². The highest BCUT2D eigenvalue weighted by Gasteiger charge is 2.59. The Kier molecular flexibility index (Phi) is 6.27. The molecule has 3 rings (SSSR count). The van der Waals surface area contributed by atoms with Crippen molar-refractivity contribution in [3.05, 3.63) is 35.1 Å². The van der Waals surface area contributed by atoms with Gasteiger partial charge in [0.05, 0.1) is 17.7 Å². The molecule has 1 aliphatic carbocycles. The highest BCUT2D eigenvalue weighted by atomic mass is 127. The van der Waals surface area contributed by atoms with Gasteiger partial charge in [-0.25, -0.2) is 4.39 Å². The van der Waals surface area contributed by atoms with E-state index in [1.807, 2.05) is 6.07 Å². The largest absolute Gasteiger partial charge is 0.377 e. The van der Waals surface area contributed by atoms with Crippen molar-refractivity contribution >= 4 is 29.9 Å². The molecule has 2 N–H and O–H groups in total. The SMILES string of the molecule is CN=C(NCc1ccc(C#N)cc1F)NC1C2CCOC2C1(C)C.I. The zero-order valence-corrected chi connectivity index (χ0v) is 17.0. The zero-order chi connectivity index (χ0) is 17.3. The minimum absolute atomic E-state index is 0. The van der Waals surface area contributed by atoms with Crippen LogP contribution in [0, 0.1) is 28.5 Å². The molecule has 136 valence electrons. The Morgan fingerprint density at radius 3 is 2.88 bits per heavy atom. The van der Waals surface area contributed by atoms with Crippen LogP contribution in [0.1, 0.15) is 31.4 Å². The van der Waals surface area contributed by atoms with Crippen LogP contribution in [0.25, 0.3) is 0 Å². The van der Waals surface area contributed by atoms with Crippen LogP contribution < -0.4 is 10.6 Å². The van der Waals surface area contributed by atoms with Crippen LogP contribution in [-0.2, 0) is 11.3 Å². The van der Waals surface area contributed by atoms with Crippen LogP contribution in [0.3, 0.4) is 0 Å². The predicted molar refractivity (Wildman–Crippen MR) is 105 cm³/mol. The molecule has 1 aliphatic heterocycles. The van der Waals surface area contributed by atoms with Crippen molar-refractivity contribution in [1.29, 1.82) is 5.26 Å². The van der Waals surface area contributed by atoms with E-state index in [4.69, 9.17) is 10.00 Å². The molecule has 5 nitrogen and oxygen atoms in total. The van der Waals surface area contributed by atoms with Gasteiger partial charge in [0.2, 0.25) is 0 Å². The molecule has 2 fully saturated rings. The van der Waals surface area contributed by atoms with E-state index in [1.54, 1.807) is 19.2 Å². The van der Waals surface area contributed by atoms with E-state index in [0.29, 0.717) is 41.7 Å². The van der Waals surface area contributed by atoms with Gasteiger partial charge < -0.3 is 15.4 Å². The number of guanidine groups is 1. The maximum atomic E-state index is 14.0. The van der Waals surface area contributed by atoms with E-state index in [0.717, 1.165) is 13.0 Å². The maximum Gasteiger partial charge on any atom is 0.191 e. The number of ether oxygens (including phenoxy) is 1. The molecule has 0 spiro atoms. The number of halogens is 2. The summed E-state index contributed by atoms with van der Waals surface area (Å²) < 4.78 is 19.8. The van der Waals surface area contributed by atoms with E-state index in [9.17, 15) is 4.39 Å². The third-order valence-corrected chi connectivity index (χ3v) is 5.24. The highest BCUT2D eigenvalue weighted by molar-refractivity contribution is 14.0. The molecule has 0 radical (unpaired) electrons. The summed E-state index contributed by atoms with van der Waals surface area (Å²) in [6, 6.07) is 6.72. The topological polar surface area (TPSA) is 69.4 Å². The summed E-state index contributed by atoms with van der Waals surface area (Å²) in [5.74, 6) is 0.776. The average Bonchev–Trinajstić information content (AvgIpc) is 3.03. The van der Waals surface area contributed by atoms with Crippen LogP contribution in [0.2, 0.25) is 0 Å². The molecular formula is C18H24FIN4O. The van der Waals surface area contributed by atoms with Crippen molar-refractivity contribution in [1.82, 2.24) is 10.6 Å². The molecule has 0 aromatic heterocycles. The quantitative estimate of drug-likeness (QED) is 0.416. The summed E-state index contributed by atoms with van der Waals surface area (Å²) in [7, 11) is 1.71. The molecule has 0 bridgehead atoms. The summed E-state index contributed by atoms with van der Waals surface area (Å²) in [6.45, 7) is 5.53. The van der Waals surface area contributed by atoms with E-state index < -0.39 is 0 Å². The van der Waals surface area contributed by atoms with Gasteiger partial charge in [-0.3, -0.25) is 4.99 Å². The molecule has 1 aromatic carbocycles. The first-order valence-electron chi connectivity index (χ1n) is 8.24. The third-order valence-electron chi connectivity index (χ3n) is 5.24. The van der Waals surface area contributed by atoms with Crippen molar-refractivity contribution in [2.75, 3.05) is 13.7 Å². The fourth-order valence-corrected chi connectivity index (χ4v) is 3.90. The lowest BCUT2D eigenvalue weighted by molar-refractivity contribution is -0.106. The molecule has 0 amide bonds. The molecule has 7 heteroatoms. The van der Waals surface area contributed by atoms with E-state index in [-0.39, 0.29) is 35.2 Å². The number of benzene rings is 1. The van der Waals surface area contributed by atoms with E-state index >= 15 is 0 Å². The molecular weight excluding hydrogens is 434 g/mol. The lowest BCUT2D eigenvalue weighted by Crippen LogP contribution is -2.67. The molecule has 1 saturated carbocycles. The zero-order valence-electron chi connectivity index (χ0n) is 14.7. The number of hydrogen-bond acceptors (Lipinski definition) is 3. The number of nitriles is 1. The van der Waals surface area contributed by atoms with Gasteiger partial charge in [-0.05, 0) is 18.6 Å². The van der Waals surface area contributed by atoms with Crippen molar-refractivity contribution < 1.29 is 9.13 Å². The van der Waals surface area contributed by atoms with Gasteiger partial charge in [0.1, 0.15) is 5.82 Å². The Bertz CT molecular complexity index is 701. The summed E-state index contributed by atoms with van der Waals surface area (Å²) in [4.78, 5) is 4.25. The summed E-state index contributed by atoms with van der Waals surface area (Å²) >= 11 is 0. The Labute approximate surface area is 165 Å². The molecule has 2 aliphatic rings. The second-order valence-electron chi connectivity index (χ2n) is 7.03. The number of fused-ring (bicyclic) bond motifs is 1. The van der Waals surface area contributed by atoms with Gasteiger partial charge in [0.15, 0.2) is 5.96 Å². The lowest BCUT2D eigenvalue weighted by atomic mass is 9.57. The second-order valence-corrected chi connectivity index (χ2v) is 7.03. The fraction of sp³-hybridized carbons (Fsp3) is 0.556. The summed E-state index contributed by atoms with van der Waals surface area (Å²) in [5, 5.41) is 15.4. The minimum atomic E-state index is -0.384. The van der Waals surface area contributed by atoms with Crippen LogP contribution in [-0.4, -0.2) is 31.8 Å². The highest BCUT2D eigenvalue weighted by Crippen LogP contribution is 2.52. The summed E-state index contributed by atoms with van der Waals surface area (Å²) in [6.07, 6.45) is 1.37. The Hall–Kier alpha value is -1.40. The molecule has 1 heterocycles. The normalized spacial score (nSPS) is 26.7. The lowest BCUT2D eigenvalue weighted by Gasteiger charge is -2.54. The average molecular weight is 458 g/mol. The van der Waals surface area contributed by atoms with Gasteiger partial charge in [0, 0.05) is 43.1 Å². The number of hydrogen-bond donors (Lipinski definition) is 2. The third kappa shape index (κ3) is 3.75. The second kappa shape index (κ2) is 7.87. The molecule has 1 aromatic rings. The fourth-order valence-electron chi connectivity index (χ4n) is 3.90. The number of nitrogens with zero attached hydrogens (tertiary/aromatic N) is 2. The first-order chi connectivity index (χ1) is 11.5. The Balaban J connectivity index is 0.00000225. The van der Waals surface area contributed by atoms with Crippen LogP contribution in [0.15, 0.2) is 23.2 Å². The number of nitrogens with one attached hydrogen (secondary N) is 2. The van der Waals surface area contributed by atoms with Crippen molar-refractivity contribution in [2.24, 2.45) is 16.3 Å². The van der Waals surface area contributed by atoms with Gasteiger partial charge in [-0.15, -0.1) is 24.0 Å². The smallest absolute Gasteiger partial charge is 0.191 e. The number of rotatable bonds is 3. The van der Waals surface area contributed by atoms with E-state index in [2.05, 4.69) is 29.5 Å². The molecule has 3 unspecified atom stereocenters. The van der Waals surface area contributed by atoms with Crippen LogP contribution in [0.5, 0.6) is 0 Å². The molecule has 3 atom stereocenters. The Morgan fingerprint density at radius 1 is 1.48 bits per heavy atom. The van der Waals surface area contributed by atoms with Gasteiger partial charge >= 0.3 is 0 Å². The molecule has 25 heavy (non-hydrogen) atoms. The van der Waals surface area contributed by atoms with Gasteiger partial charge in [-0.2, -0.15) is 5.26 Å². The summed E-state index contributed by atoms with van der Waals surface area (Å²) in [5.41, 5.74) is 0.882. The first kappa shape index (κ1) is 19.9. The minimum Gasteiger partial charge on any atom is -0.377 e. The van der Waals surface area contributed by atoms with Crippen molar-refractivity contribution in [2.45, 2.75) is 39.0 Å². The van der Waals surface area contributed by atoms with Crippen molar-refractivity contribution in [3.63, 3.8) is 0 Å². The maximum absolute atomic E-state index is 14.0. The van der Waals surface area contributed by atoms with Crippen molar-refractivity contribution in [3.8, 4) is 6.07 Å².